The number of unbranched alkanes of at least 4 members (excludes halogenated alkanes) is 1. The van der Waals surface area contributed by atoms with Crippen molar-refractivity contribution in [3.05, 3.63) is 59.3 Å². The average Bonchev–Trinajstić information content (AvgIpc) is 2.83. The average molecular weight is 359 g/mol. The van der Waals surface area contributed by atoms with E-state index in [1.165, 1.54) is 11.1 Å². The maximum Gasteiger partial charge on any atom is 0.261 e. The maximum absolute atomic E-state index is 12.3. The van der Waals surface area contributed by atoms with Crippen molar-refractivity contribution in [2.45, 2.75) is 24.3 Å². The van der Waals surface area contributed by atoms with Gasteiger partial charge in [-0.05, 0) is 43.0 Å². The van der Waals surface area contributed by atoms with Gasteiger partial charge in [0.25, 0.3) is 21.8 Å². The molecule has 2 amide bonds. The molecule has 0 bridgehead atoms. The van der Waals surface area contributed by atoms with Crippen molar-refractivity contribution in [1.82, 2.24) is 9.88 Å². The minimum Gasteiger partial charge on any atom is -0.274 e. The first-order chi connectivity index (χ1) is 11.9. The van der Waals surface area contributed by atoms with Gasteiger partial charge in [-0.1, -0.05) is 18.2 Å². The van der Waals surface area contributed by atoms with Gasteiger partial charge in [0.2, 0.25) is 0 Å². The smallest absolute Gasteiger partial charge is 0.261 e. The SMILES string of the molecule is NS(=O)(=O)c1ncccc1CCCCN1C(=O)c2ccccc2C1=O. The highest BCUT2D eigenvalue weighted by molar-refractivity contribution is 7.89. The van der Waals surface area contributed by atoms with Crippen molar-refractivity contribution < 1.29 is 18.0 Å². The second-order valence-corrected chi connectivity index (χ2v) is 7.25. The molecule has 3 rings (SSSR count). The summed E-state index contributed by atoms with van der Waals surface area (Å²) in [7, 11) is -3.87. The molecule has 1 aliphatic rings. The lowest BCUT2D eigenvalue weighted by molar-refractivity contribution is 0.0652. The number of carbonyl (C=O) groups excluding carboxylic acids is 2. The fraction of sp³-hybridized carbons (Fsp3) is 0.235. The molecular weight excluding hydrogens is 342 g/mol. The number of aromatic nitrogens is 1. The number of amides is 2. The van der Waals surface area contributed by atoms with Crippen molar-refractivity contribution in [2.75, 3.05) is 6.54 Å². The van der Waals surface area contributed by atoms with Gasteiger partial charge in [-0.3, -0.25) is 14.5 Å². The van der Waals surface area contributed by atoms with Gasteiger partial charge in [-0.25, -0.2) is 18.5 Å². The predicted molar refractivity (Wildman–Crippen MR) is 90.4 cm³/mol. The van der Waals surface area contributed by atoms with Crippen LogP contribution in [0.1, 0.15) is 39.1 Å². The summed E-state index contributed by atoms with van der Waals surface area (Å²) in [6.45, 7) is 0.289. The number of sulfonamides is 1. The van der Waals surface area contributed by atoms with Crippen LogP contribution in [0, 0.1) is 0 Å². The molecule has 0 aliphatic carbocycles. The van der Waals surface area contributed by atoms with Crippen molar-refractivity contribution in [2.24, 2.45) is 5.14 Å². The fourth-order valence-electron chi connectivity index (χ4n) is 2.90. The van der Waals surface area contributed by atoms with Gasteiger partial charge in [0.1, 0.15) is 0 Å². The first kappa shape index (κ1) is 17.2. The summed E-state index contributed by atoms with van der Waals surface area (Å²) < 4.78 is 23.1. The zero-order chi connectivity index (χ0) is 18.0. The molecule has 130 valence electrons. The first-order valence-electron chi connectivity index (χ1n) is 7.81. The van der Waals surface area contributed by atoms with Gasteiger partial charge in [-0.2, -0.15) is 0 Å². The van der Waals surface area contributed by atoms with Crippen LogP contribution >= 0.6 is 0 Å². The topological polar surface area (TPSA) is 110 Å². The lowest BCUT2D eigenvalue weighted by Gasteiger charge is -2.13. The number of benzene rings is 1. The third-order valence-corrected chi connectivity index (χ3v) is 4.98. The molecule has 0 radical (unpaired) electrons. The summed E-state index contributed by atoms with van der Waals surface area (Å²) >= 11 is 0. The second-order valence-electron chi connectivity index (χ2n) is 5.78. The number of aryl methyl sites for hydroxylation is 1. The molecule has 0 fully saturated rings. The maximum atomic E-state index is 12.3. The highest BCUT2D eigenvalue weighted by atomic mass is 32.2. The van der Waals surface area contributed by atoms with Crippen LogP contribution in [-0.2, 0) is 16.4 Å². The Morgan fingerprint density at radius 3 is 2.20 bits per heavy atom. The molecule has 0 spiro atoms. The van der Waals surface area contributed by atoms with Gasteiger partial charge >= 0.3 is 0 Å². The summed E-state index contributed by atoms with van der Waals surface area (Å²) in [5.74, 6) is -0.570. The Labute approximate surface area is 145 Å². The van der Waals surface area contributed by atoms with E-state index in [-0.39, 0.29) is 23.4 Å². The monoisotopic (exact) mass is 359 g/mol. The van der Waals surface area contributed by atoms with Crippen LogP contribution < -0.4 is 5.14 Å². The van der Waals surface area contributed by atoms with E-state index in [0.29, 0.717) is 36.0 Å². The van der Waals surface area contributed by atoms with Crippen LogP contribution in [0.2, 0.25) is 0 Å². The first-order valence-corrected chi connectivity index (χ1v) is 9.36. The largest absolute Gasteiger partial charge is 0.274 e. The quantitative estimate of drug-likeness (QED) is 0.618. The van der Waals surface area contributed by atoms with E-state index in [9.17, 15) is 18.0 Å². The van der Waals surface area contributed by atoms with Gasteiger partial charge in [-0.15, -0.1) is 0 Å². The highest BCUT2D eigenvalue weighted by Gasteiger charge is 2.34. The van der Waals surface area contributed by atoms with E-state index in [2.05, 4.69) is 4.98 Å². The minimum atomic E-state index is -3.87. The Morgan fingerprint density at radius 1 is 0.960 bits per heavy atom. The lowest BCUT2D eigenvalue weighted by atomic mass is 10.1. The molecule has 25 heavy (non-hydrogen) atoms. The van der Waals surface area contributed by atoms with E-state index in [1.807, 2.05) is 0 Å². The molecule has 0 unspecified atom stereocenters. The summed E-state index contributed by atoms with van der Waals surface area (Å²) in [5, 5.41) is 5.03. The number of hydrogen-bond acceptors (Lipinski definition) is 5. The third kappa shape index (κ3) is 3.45. The van der Waals surface area contributed by atoms with Gasteiger partial charge in [0.15, 0.2) is 5.03 Å². The number of imide groups is 1. The van der Waals surface area contributed by atoms with Crippen molar-refractivity contribution in [1.29, 1.82) is 0 Å². The zero-order valence-corrected chi connectivity index (χ0v) is 14.2. The molecule has 2 aromatic rings. The number of pyridine rings is 1. The number of hydrogen-bond donors (Lipinski definition) is 1. The highest BCUT2D eigenvalue weighted by Crippen LogP contribution is 2.23. The molecule has 1 aromatic heterocycles. The normalized spacial score (nSPS) is 14.0. The van der Waals surface area contributed by atoms with Crippen LogP contribution in [0.25, 0.3) is 0 Å². The Hall–Kier alpha value is -2.58. The Kier molecular flexibility index (Phi) is 4.65. The number of carbonyl (C=O) groups is 2. The van der Waals surface area contributed by atoms with Crippen molar-refractivity contribution in [3.63, 3.8) is 0 Å². The minimum absolute atomic E-state index is 0.129. The summed E-state index contributed by atoms with van der Waals surface area (Å²) in [5.41, 5.74) is 1.39. The zero-order valence-electron chi connectivity index (χ0n) is 13.4. The van der Waals surface area contributed by atoms with Gasteiger partial charge < -0.3 is 0 Å². The van der Waals surface area contributed by atoms with Gasteiger partial charge in [0.05, 0.1) is 11.1 Å². The standard InChI is InChI=1S/C17H17N3O4S/c18-25(23,24)15-12(7-5-10-19-15)6-3-4-11-20-16(21)13-8-1-2-9-14(13)17(20)22/h1-2,5,7-10H,3-4,6,11H2,(H2,18,23,24). The Bertz CT molecular complexity index is 905. The molecule has 0 atom stereocenters. The molecule has 2 N–H and O–H groups in total. The summed E-state index contributed by atoms with van der Waals surface area (Å²) in [4.78, 5) is 29.6. The van der Waals surface area contributed by atoms with Crippen LogP contribution in [0.5, 0.6) is 0 Å². The molecule has 0 saturated carbocycles. The molecule has 2 heterocycles. The third-order valence-electron chi connectivity index (χ3n) is 4.08. The molecule has 1 aliphatic heterocycles. The van der Waals surface area contributed by atoms with E-state index < -0.39 is 10.0 Å². The van der Waals surface area contributed by atoms with Gasteiger partial charge in [0, 0.05) is 12.7 Å². The molecular formula is C17H17N3O4S. The Balaban J connectivity index is 1.61. The number of nitrogens with two attached hydrogens (primary N) is 1. The molecule has 8 heteroatoms. The molecule has 7 nitrogen and oxygen atoms in total. The van der Waals surface area contributed by atoms with E-state index in [0.717, 1.165) is 0 Å². The van der Waals surface area contributed by atoms with Crippen LogP contribution in [0.3, 0.4) is 0 Å². The summed E-state index contributed by atoms with van der Waals surface area (Å²) in [6.07, 6.45) is 2.98. The second kappa shape index (κ2) is 6.73. The number of primary sulfonamides is 1. The molecule has 0 saturated heterocycles. The molecule has 1 aromatic carbocycles. The van der Waals surface area contributed by atoms with E-state index in [1.54, 1.807) is 36.4 Å². The number of nitrogens with zero attached hydrogens (tertiary/aromatic N) is 2. The van der Waals surface area contributed by atoms with Crippen molar-refractivity contribution >= 4 is 21.8 Å². The predicted octanol–water partition coefficient (Wildman–Crippen LogP) is 1.35. The number of rotatable bonds is 6. The van der Waals surface area contributed by atoms with Crippen LogP contribution in [-0.4, -0.2) is 36.7 Å². The van der Waals surface area contributed by atoms with Crippen LogP contribution in [0.4, 0.5) is 0 Å². The Morgan fingerprint density at radius 2 is 1.60 bits per heavy atom. The van der Waals surface area contributed by atoms with Crippen LogP contribution in [0.15, 0.2) is 47.6 Å². The van der Waals surface area contributed by atoms with E-state index in [4.69, 9.17) is 5.14 Å². The fourth-order valence-corrected chi connectivity index (χ4v) is 3.64. The van der Waals surface area contributed by atoms with Crippen molar-refractivity contribution in [3.8, 4) is 0 Å². The van der Waals surface area contributed by atoms with E-state index >= 15 is 0 Å². The lowest BCUT2D eigenvalue weighted by Crippen LogP contribution is -2.30. The summed E-state index contributed by atoms with van der Waals surface area (Å²) in [6, 6.07) is 10.0. The number of fused-ring (bicyclic) bond motifs is 1.